The van der Waals surface area contributed by atoms with E-state index in [9.17, 15) is 4.79 Å². The fourth-order valence-corrected chi connectivity index (χ4v) is 2.82. The van der Waals surface area contributed by atoms with Crippen LogP contribution in [-0.2, 0) is 6.42 Å². The summed E-state index contributed by atoms with van der Waals surface area (Å²) >= 11 is 0. The van der Waals surface area contributed by atoms with Crippen LogP contribution in [0.15, 0.2) is 54.6 Å². The topological polar surface area (TPSA) is 46.3 Å². The number of hydrogen-bond acceptors (Lipinski definition) is 2. The first kappa shape index (κ1) is 12.9. The van der Waals surface area contributed by atoms with Gasteiger partial charge in [0.15, 0.2) is 0 Å². The molecule has 3 rings (SSSR count). The van der Waals surface area contributed by atoms with Crippen LogP contribution in [0.1, 0.15) is 22.8 Å². The average Bonchev–Trinajstić information content (AvgIpc) is 2.48. The minimum absolute atomic E-state index is 0.000185. The number of nitrogens with zero attached hydrogens (tertiary/aromatic N) is 1. The molecule has 0 saturated heterocycles. The molecule has 0 saturated carbocycles. The van der Waals surface area contributed by atoms with Crippen LogP contribution in [0.3, 0.4) is 0 Å². The normalized spacial score (nSPS) is 19.6. The first-order valence-electron chi connectivity index (χ1n) is 6.90. The van der Waals surface area contributed by atoms with Crippen molar-refractivity contribution in [1.82, 2.24) is 0 Å². The van der Waals surface area contributed by atoms with Gasteiger partial charge in [-0.25, -0.2) is 0 Å². The molecule has 1 aliphatic heterocycles. The Kier molecular flexibility index (Phi) is 3.28. The predicted octanol–water partition coefficient (Wildman–Crippen LogP) is 2.61. The number of carbonyl (C=O) groups is 1. The average molecular weight is 266 g/mol. The van der Waals surface area contributed by atoms with E-state index in [1.807, 2.05) is 66.4 Å². The highest BCUT2D eigenvalue weighted by Gasteiger charge is 2.34. The minimum atomic E-state index is -0.0764. The molecule has 0 bridgehead atoms. The Morgan fingerprint density at radius 3 is 2.45 bits per heavy atom. The minimum Gasteiger partial charge on any atom is -0.326 e. The second kappa shape index (κ2) is 5.10. The van der Waals surface area contributed by atoms with Gasteiger partial charge in [-0.15, -0.1) is 0 Å². The van der Waals surface area contributed by atoms with Gasteiger partial charge in [0.05, 0.1) is 6.04 Å². The second-order valence-electron chi connectivity index (χ2n) is 5.30. The third kappa shape index (κ3) is 2.10. The molecule has 2 N–H and O–H groups in total. The van der Waals surface area contributed by atoms with E-state index < -0.39 is 0 Å². The zero-order chi connectivity index (χ0) is 14.1. The van der Waals surface area contributed by atoms with Gasteiger partial charge < -0.3 is 10.6 Å². The Bertz CT molecular complexity index is 622. The molecule has 0 spiro atoms. The number of para-hydroxylation sites is 1. The van der Waals surface area contributed by atoms with Crippen LogP contribution in [0.5, 0.6) is 0 Å². The lowest BCUT2D eigenvalue weighted by Crippen LogP contribution is -2.53. The number of benzene rings is 2. The largest absolute Gasteiger partial charge is 0.326 e. The van der Waals surface area contributed by atoms with Crippen molar-refractivity contribution in [2.45, 2.75) is 25.4 Å². The van der Waals surface area contributed by atoms with E-state index >= 15 is 0 Å². The molecule has 2 aromatic carbocycles. The zero-order valence-electron chi connectivity index (χ0n) is 11.5. The molecule has 2 unspecified atom stereocenters. The molecular weight excluding hydrogens is 248 g/mol. The molecule has 1 amide bonds. The lowest BCUT2D eigenvalue weighted by molar-refractivity contribution is 0.0963. The van der Waals surface area contributed by atoms with E-state index in [1.54, 1.807) is 0 Å². The van der Waals surface area contributed by atoms with Gasteiger partial charge in [-0.3, -0.25) is 4.79 Å². The maximum absolute atomic E-state index is 12.8. The first-order chi connectivity index (χ1) is 9.68. The van der Waals surface area contributed by atoms with E-state index in [-0.39, 0.29) is 18.0 Å². The molecule has 2 atom stereocenters. The molecule has 3 heteroatoms. The highest BCUT2D eigenvalue weighted by molar-refractivity contribution is 6.08. The SMILES string of the molecule is CC(N)C1Cc2ccccc2C(=O)N1c1ccccc1. The maximum atomic E-state index is 12.8. The van der Waals surface area contributed by atoms with Gasteiger partial charge in [-0.05, 0) is 37.1 Å². The summed E-state index contributed by atoms with van der Waals surface area (Å²) in [6.45, 7) is 1.96. The number of amides is 1. The van der Waals surface area contributed by atoms with Gasteiger partial charge in [0, 0.05) is 17.3 Å². The van der Waals surface area contributed by atoms with Crippen molar-refractivity contribution in [3.63, 3.8) is 0 Å². The molecule has 0 aliphatic carbocycles. The summed E-state index contributed by atoms with van der Waals surface area (Å²) in [6.07, 6.45) is 0.800. The van der Waals surface area contributed by atoms with Crippen LogP contribution >= 0.6 is 0 Å². The third-order valence-corrected chi connectivity index (χ3v) is 3.87. The lowest BCUT2D eigenvalue weighted by atomic mass is 9.89. The van der Waals surface area contributed by atoms with Crippen molar-refractivity contribution in [3.8, 4) is 0 Å². The van der Waals surface area contributed by atoms with Gasteiger partial charge in [0.2, 0.25) is 0 Å². The molecule has 0 fully saturated rings. The molecule has 0 aromatic heterocycles. The lowest BCUT2D eigenvalue weighted by Gasteiger charge is -2.38. The van der Waals surface area contributed by atoms with Crippen LogP contribution in [0.25, 0.3) is 0 Å². The monoisotopic (exact) mass is 266 g/mol. The summed E-state index contributed by atoms with van der Waals surface area (Å²) in [4.78, 5) is 14.6. The molecule has 0 radical (unpaired) electrons. The first-order valence-corrected chi connectivity index (χ1v) is 6.90. The van der Waals surface area contributed by atoms with E-state index in [0.29, 0.717) is 0 Å². The highest BCUT2D eigenvalue weighted by atomic mass is 16.2. The Labute approximate surface area is 119 Å². The van der Waals surface area contributed by atoms with Crippen molar-refractivity contribution in [1.29, 1.82) is 0 Å². The van der Waals surface area contributed by atoms with Crippen molar-refractivity contribution in [2.75, 3.05) is 4.90 Å². The Hall–Kier alpha value is -2.13. The van der Waals surface area contributed by atoms with Crippen LogP contribution in [0.2, 0.25) is 0 Å². The standard InChI is InChI=1S/C17H18N2O/c1-12(18)16-11-13-7-5-6-10-15(13)17(20)19(16)14-8-3-2-4-9-14/h2-10,12,16H,11,18H2,1H3. The summed E-state index contributed by atoms with van der Waals surface area (Å²) in [5, 5.41) is 0. The van der Waals surface area contributed by atoms with Gasteiger partial charge >= 0.3 is 0 Å². The molecule has 20 heavy (non-hydrogen) atoms. The van der Waals surface area contributed by atoms with Crippen LogP contribution in [-0.4, -0.2) is 18.0 Å². The van der Waals surface area contributed by atoms with E-state index in [0.717, 1.165) is 23.2 Å². The molecule has 1 heterocycles. The summed E-state index contributed by atoms with van der Waals surface area (Å²) in [5.41, 5.74) is 8.91. The highest BCUT2D eigenvalue weighted by Crippen LogP contribution is 2.29. The molecule has 2 aromatic rings. The Morgan fingerprint density at radius 1 is 1.10 bits per heavy atom. The summed E-state index contributed by atoms with van der Waals surface area (Å²) < 4.78 is 0. The molecule has 3 nitrogen and oxygen atoms in total. The molecule has 102 valence electrons. The number of carbonyl (C=O) groups excluding carboxylic acids is 1. The zero-order valence-corrected chi connectivity index (χ0v) is 11.5. The van der Waals surface area contributed by atoms with Crippen molar-refractivity contribution < 1.29 is 4.79 Å². The third-order valence-electron chi connectivity index (χ3n) is 3.87. The van der Waals surface area contributed by atoms with Gasteiger partial charge in [-0.1, -0.05) is 36.4 Å². The number of hydrogen-bond donors (Lipinski definition) is 1. The van der Waals surface area contributed by atoms with Crippen LogP contribution < -0.4 is 10.6 Å². The number of rotatable bonds is 2. The van der Waals surface area contributed by atoms with Crippen molar-refractivity contribution in [2.24, 2.45) is 5.73 Å². The summed E-state index contributed by atoms with van der Waals surface area (Å²) in [6, 6.07) is 17.5. The number of anilines is 1. The summed E-state index contributed by atoms with van der Waals surface area (Å²) in [7, 11) is 0. The quantitative estimate of drug-likeness (QED) is 0.908. The Balaban J connectivity index is 2.10. The van der Waals surface area contributed by atoms with Crippen LogP contribution in [0, 0.1) is 0 Å². The second-order valence-corrected chi connectivity index (χ2v) is 5.30. The van der Waals surface area contributed by atoms with Gasteiger partial charge in [0.1, 0.15) is 0 Å². The maximum Gasteiger partial charge on any atom is 0.258 e. The van der Waals surface area contributed by atoms with E-state index in [2.05, 4.69) is 0 Å². The van der Waals surface area contributed by atoms with Crippen LogP contribution in [0.4, 0.5) is 5.69 Å². The van der Waals surface area contributed by atoms with Gasteiger partial charge in [-0.2, -0.15) is 0 Å². The van der Waals surface area contributed by atoms with Crippen molar-refractivity contribution >= 4 is 11.6 Å². The Morgan fingerprint density at radius 2 is 1.75 bits per heavy atom. The fourth-order valence-electron chi connectivity index (χ4n) is 2.82. The van der Waals surface area contributed by atoms with E-state index in [4.69, 9.17) is 5.73 Å². The fraction of sp³-hybridized carbons (Fsp3) is 0.235. The van der Waals surface area contributed by atoms with E-state index in [1.165, 1.54) is 0 Å². The summed E-state index contributed by atoms with van der Waals surface area (Å²) in [5.74, 6) is 0.0420. The number of fused-ring (bicyclic) bond motifs is 1. The molecule has 1 aliphatic rings. The number of nitrogens with two attached hydrogens (primary N) is 1. The predicted molar refractivity (Wildman–Crippen MR) is 80.8 cm³/mol. The van der Waals surface area contributed by atoms with Gasteiger partial charge in [0.25, 0.3) is 5.91 Å². The molecular formula is C17H18N2O. The van der Waals surface area contributed by atoms with Crippen molar-refractivity contribution in [3.05, 3.63) is 65.7 Å². The smallest absolute Gasteiger partial charge is 0.258 e.